The fraction of sp³-hybridized carbons (Fsp3) is 0.176. The number of aryl methyl sites for hydroxylation is 2. The van der Waals surface area contributed by atoms with E-state index in [2.05, 4.69) is 20.3 Å². The van der Waals surface area contributed by atoms with Crippen molar-refractivity contribution < 1.29 is 4.74 Å². The van der Waals surface area contributed by atoms with Gasteiger partial charge in [0.15, 0.2) is 0 Å². The van der Waals surface area contributed by atoms with Gasteiger partial charge in [-0.25, -0.2) is 14.6 Å². The Balaban J connectivity index is 1.57. The largest absolute Gasteiger partial charge is 0.438 e. The summed E-state index contributed by atoms with van der Waals surface area (Å²) in [7, 11) is 0. The number of benzene rings is 1. The van der Waals surface area contributed by atoms with Crippen LogP contribution in [0, 0.1) is 0 Å². The lowest BCUT2D eigenvalue weighted by Crippen LogP contribution is -1.96. The maximum Gasteiger partial charge on any atom is 0.231 e. The molecule has 1 aliphatic rings. The van der Waals surface area contributed by atoms with Crippen molar-refractivity contribution >= 4 is 21.6 Å². The third-order valence-corrected chi connectivity index (χ3v) is 5.39. The fourth-order valence-corrected chi connectivity index (χ4v) is 4.34. The molecule has 5 rings (SSSR count). The molecular formula is C17H13N5OS. The standard InChI is InChI=1S/C17H13N5OS/c1-3-11(22-8-7-20-21-22)9-12(4-1)23-16-15-13-5-2-6-14(13)24-17(15)19-10-18-16/h1,3-4,7-10H,2,5-6H2. The molecule has 0 atom stereocenters. The van der Waals surface area contributed by atoms with Gasteiger partial charge in [0.2, 0.25) is 5.88 Å². The van der Waals surface area contributed by atoms with Crippen LogP contribution in [0.4, 0.5) is 0 Å². The van der Waals surface area contributed by atoms with Crippen LogP contribution in [0.5, 0.6) is 11.6 Å². The van der Waals surface area contributed by atoms with E-state index in [0.717, 1.165) is 34.5 Å². The van der Waals surface area contributed by atoms with Gasteiger partial charge < -0.3 is 4.74 Å². The number of ether oxygens (including phenoxy) is 1. The Morgan fingerprint density at radius 2 is 2.17 bits per heavy atom. The van der Waals surface area contributed by atoms with E-state index >= 15 is 0 Å². The van der Waals surface area contributed by atoms with Crippen LogP contribution in [0.3, 0.4) is 0 Å². The van der Waals surface area contributed by atoms with Gasteiger partial charge in [0.05, 0.1) is 23.5 Å². The summed E-state index contributed by atoms with van der Waals surface area (Å²) in [6.07, 6.45) is 8.44. The quantitative estimate of drug-likeness (QED) is 0.573. The Morgan fingerprint density at radius 3 is 3.08 bits per heavy atom. The summed E-state index contributed by atoms with van der Waals surface area (Å²) in [5, 5.41) is 8.92. The second-order valence-corrected chi connectivity index (χ2v) is 6.75. The highest BCUT2D eigenvalue weighted by Gasteiger charge is 2.22. The highest BCUT2D eigenvalue weighted by atomic mass is 32.1. The van der Waals surface area contributed by atoms with Crippen molar-refractivity contribution in [1.29, 1.82) is 0 Å². The number of rotatable bonds is 3. The summed E-state index contributed by atoms with van der Waals surface area (Å²) < 4.78 is 7.81. The van der Waals surface area contributed by atoms with Crippen LogP contribution < -0.4 is 4.74 Å². The van der Waals surface area contributed by atoms with Gasteiger partial charge in [0, 0.05) is 10.9 Å². The molecule has 3 heterocycles. The molecule has 118 valence electrons. The summed E-state index contributed by atoms with van der Waals surface area (Å²) in [5.41, 5.74) is 2.25. The monoisotopic (exact) mass is 335 g/mol. The Kier molecular flexibility index (Phi) is 3.05. The number of hydrogen-bond donors (Lipinski definition) is 0. The van der Waals surface area contributed by atoms with E-state index in [-0.39, 0.29) is 0 Å². The zero-order valence-corrected chi connectivity index (χ0v) is 13.5. The van der Waals surface area contributed by atoms with Gasteiger partial charge in [-0.1, -0.05) is 11.3 Å². The molecule has 4 aromatic rings. The smallest absolute Gasteiger partial charge is 0.231 e. The molecule has 0 aliphatic heterocycles. The van der Waals surface area contributed by atoms with E-state index in [4.69, 9.17) is 4.74 Å². The topological polar surface area (TPSA) is 65.7 Å². The van der Waals surface area contributed by atoms with Gasteiger partial charge >= 0.3 is 0 Å². The molecule has 3 aromatic heterocycles. The van der Waals surface area contributed by atoms with Gasteiger partial charge in [-0.3, -0.25) is 0 Å². The minimum absolute atomic E-state index is 0.634. The second-order valence-electron chi connectivity index (χ2n) is 5.66. The van der Waals surface area contributed by atoms with E-state index in [1.165, 1.54) is 16.9 Å². The zero-order chi connectivity index (χ0) is 15.9. The maximum absolute atomic E-state index is 6.11. The molecule has 24 heavy (non-hydrogen) atoms. The first-order valence-electron chi connectivity index (χ1n) is 7.78. The number of nitrogens with zero attached hydrogens (tertiary/aromatic N) is 5. The molecule has 0 bridgehead atoms. The number of hydrogen-bond acceptors (Lipinski definition) is 6. The Morgan fingerprint density at radius 1 is 1.17 bits per heavy atom. The molecule has 0 N–H and O–H groups in total. The molecule has 1 aromatic carbocycles. The van der Waals surface area contributed by atoms with Crippen molar-refractivity contribution in [2.45, 2.75) is 19.3 Å². The van der Waals surface area contributed by atoms with Crippen LogP contribution in [-0.2, 0) is 12.8 Å². The van der Waals surface area contributed by atoms with Crippen molar-refractivity contribution in [1.82, 2.24) is 25.0 Å². The third-order valence-electron chi connectivity index (χ3n) is 4.19. The van der Waals surface area contributed by atoms with Crippen LogP contribution in [0.25, 0.3) is 15.9 Å². The van der Waals surface area contributed by atoms with E-state index in [1.54, 1.807) is 34.7 Å². The highest BCUT2D eigenvalue weighted by Crippen LogP contribution is 2.41. The fourth-order valence-electron chi connectivity index (χ4n) is 3.12. The first-order chi connectivity index (χ1) is 11.9. The third kappa shape index (κ3) is 2.16. The molecule has 0 radical (unpaired) electrons. The minimum Gasteiger partial charge on any atom is -0.438 e. The lowest BCUT2D eigenvalue weighted by molar-refractivity contribution is 0.467. The van der Waals surface area contributed by atoms with E-state index in [0.29, 0.717) is 5.88 Å². The Bertz CT molecular complexity index is 1020. The van der Waals surface area contributed by atoms with E-state index in [1.807, 2.05) is 24.3 Å². The van der Waals surface area contributed by atoms with Crippen LogP contribution in [-0.4, -0.2) is 25.0 Å². The van der Waals surface area contributed by atoms with Crippen LogP contribution in [0.15, 0.2) is 43.0 Å². The van der Waals surface area contributed by atoms with Gasteiger partial charge in [0.25, 0.3) is 0 Å². The predicted molar refractivity (Wildman–Crippen MR) is 90.9 cm³/mol. The molecule has 0 amide bonds. The molecular weight excluding hydrogens is 322 g/mol. The predicted octanol–water partition coefficient (Wildman–Crippen LogP) is 3.55. The van der Waals surface area contributed by atoms with E-state index < -0.39 is 0 Å². The van der Waals surface area contributed by atoms with Crippen molar-refractivity contribution in [3.05, 3.63) is 53.4 Å². The van der Waals surface area contributed by atoms with Crippen LogP contribution >= 0.6 is 11.3 Å². The Hall–Kier alpha value is -2.80. The van der Waals surface area contributed by atoms with Gasteiger partial charge in [-0.05, 0) is 37.0 Å². The summed E-state index contributed by atoms with van der Waals surface area (Å²) in [4.78, 5) is 11.2. The molecule has 0 saturated heterocycles. The molecule has 7 heteroatoms. The van der Waals surface area contributed by atoms with Gasteiger partial charge in [-0.2, -0.15) is 0 Å². The molecule has 1 aliphatic carbocycles. The SMILES string of the molecule is c1cc(Oc2ncnc3sc4c(c23)CCC4)cc(-n2ccnn2)c1. The molecule has 0 unspecified atom stereocenters. The summed E-state index contributed by atoms with van der Waals surface area (Å²) in [5.74, 6) is 1.36. The van der Waals surface area contributed by atoms with Gasteiger partial charge in [-0.15, -0.1) is 16.4 Å². The number of aromatic nitrogens is 5. The molecule has 6 nitrogen and oxygen atoms in total. The number of thiophene rings is 1. The second kappa shape index (κ2) is 5.38. The van der Waals surface area contributed by atoms with Crippen molar-refractivity contribution in [2.75, 3.05) is 0 Å². The molecule has 0 saturated carbocycles. The summed E-state index contributed by atoms with van der Waals surface area (Å²) in [6.45, 7) is 0. The van der Waals surface area contributed by atoms with Gasteiger partial charge in [0.1, 0.15) is 16.9 Å². The Labute approximate surface area is 141 Å². The lowest BCUT2D eigenvalue weighted by atomic mass is 10.2. The van der Waals surface area contributed by atoms with Crippen LogP contribution in [0.1, 0.15) is 16.9 Å². The number of fused-ring (bicyclic) bond motifs is 3. The first kappa shape index (κ1) is 13.6. The molecule has 0 spiro atoms. The average Bonchev–Trinajstić information content (AvgIpc) is 3.32. The highest BCUT2D eigenvalue weighted by molar-refractivity contribution is 7.18. The van der Waals surface area contributed by atoms with Crippen LogP contribution in [0.2, 0.25) is 0 Å². The summed E-state index contributed by atoms with van der Waals surface area (Å²) >= 11 is 1.76. The first-order valence-corrected chi connectivity index (χ1v) is 8.60. The minimum atomic E-state index is 0.634. The average molecular weight is 335 g/mol. The normalized spacial score (nSPS) is 13.3. The summed E-state index contributed by atoms with van der Waals surface area (Å²) in [6, 6.07) is 7.73. The van der Waals surface area contributed by atoms with Crippen molar-refractivity contribution in [2.24, 2.45) is 0 Å². The lowest BCUT2D eigenvalue weighted by Gasteiger charge is -2.08. The zero-order valence-electron chi connectivity index (χ0n) is 12.7. The van der Waals surface area contributed by atoms with Crippen molar-refractivity contribution in [3.8, 4) is 17.3 Å². The molecule has 0 fully saturated rings. The van der Waals surface area contributed by atoms with E-state index in [9.17, 15) is 0 Å². The maximum atomic E-state index is 6.11. The van der Waals surface area contributed by atoms with Crippen molar-refractivity contribution in [3.63, 3.8) is 0 Å².